The molecule has 10 heteroatoms. The number of hydrogen-bond donors (Lipinski definition) is 3. The predicted molar refractivity (Wildman–Crippen MR) is 147 cm³/mol. The van der Waals surface area contributed by atoms with Crippen molar-refractivity contribution in [1.82, 2.24) is 35.1 Å². The number of aromatic amines is 1. The van der Waals surface area contributed by atoms with Crippen molar-refractivity contribution in [3.8, 4) is 5.75 Å². The zero-order chi connectivity index (χ0) is 27.1. The Kier molecular flexibility index (Phi) is 6.34. The molecular formula is C29H33N7O3. The van der Waals surface area contributed by atoms with Crippen LogP contribution in [0.15, 0.2) is 65.7 Å². The van der Waals surface area contributed by atoms with E-state index in [-0.39, 0.29) is 29.5 Å². The minimum absolute atomic E-state index is 0.0706. The lowest BCUT2D eigenvalue weighted by Gasteiger charge is -2.47. The molecule has 3 N–H and O–H groups in total. The number of urea groups is 1. The molecule has 4 atom stereocenters. The number of hydrogen-bond acceptors (Lipinski definition) is 6. The van der Waals surface area contributed by atoms with E-state index in [0.717, 1.165) is 22.5 Å². The lowest BCUT2D eigenvalue weighted by Crippen LogP contribution is -2.69. The summed E-state index contributed by atoms with van der Waals surface area (Å²) in [6.45, 7) is 8.44. The molecule has 39 heavy (non-hydrogen) atoms. The fourth-order valence-corrected chi connectivity index (χ4v) is 5.62. The van der Waals surface area contributed by atoms with E-state index in [1.807, 2.05) is 55.3 Å². The van der Waals surface area contributed by atoms with Gasteiger partial charge in [-0.25, -0.2) is 14.3 Å². The van der Waals surface area contributed by atoms with Crippen molar-refractivity contribution in [2.24, 2.45) is 0 Å². The summed E-state index contributed by atoms with van der Waals surface area (Å²) in [7, 11) is 0. The first-order valence-electron chi connectivity index (χ1n) is 13.3. The Morgan fingerprint density at radius 1 is 1.13 bits per heavy atom. The normalized spacial score (nSPS) is 22.1. The highest BCUT2D eigenvalue weighted by Gasteiger charge is 2.54. The van der Waals surface area contributed by atoms with Gasteiger partial charge < -0.3 is 25.3 Å². The number of fused-ring (bicyclic) bond motifs is 1. The van der Waals surface area contributed by atoms with Crippen molar-refractivity contribution < 1.29 is 9.53 Å². The summed E-state index contributed by atoms with van der Waals surface area (Å²) in [5.41, 5.74) is 3.27. The number of carbonyl (C=O) groups excluding carboxylic acids is 1. The molecule has 2 aliphatic rings. The molecule has 202 valence electrons. The van der Waals surface area contributed by atoms with Gasteiger partial charge in [0.25, 0.3) is 0 Å². The first-order valence-corrected chi connectivity index (χ1v) is 13.3. The van der Waals surface area contributed by atoms with Crippen molar-refractivity contribution in [3.05, 3.63) is 93.8 Å². The highest BCUT2D eigenvalue weighted by molar-refractivity contribution is 5.79. The van der Waals surface area contributed by atoms with Crippen LogP contribution in [0.4, 0.5) is 4.79 Å². The van der Waals surface area contributed by atoms with Gasteiger partial charge >= 0.3 is 6.03 Å². The number of nitrogens with one attached hydrogen (secondary N) is 3. The van der Waals surface area contributed by atoms with Gasteiger partial charge in [-0.3, -0.25) is 4.79 Å². The van der Waals surface area contributed by atoms with Crippen LogP contribution in [0.2, 0.25) is 0 Å². The minimum atomic E-state index is -0.434. The Morgan fingerprint density at radius 3 is 2.69 bits per heavy atom. The Morgan fingerprint density at radius 2 is 1.95 bits per heavy atom. The van der Waals surface area contributed by atoms with Gasteiger partial charge in [0.15, 0.2) is 11.5 Å². The fraction of sp³-hybridized carbons (Fsp3) is 0.379. The molecule has 2 amide bonds. The number of ether oxygens (including phenoxy) is 1. The third kappa shape index (κ3) is 4.76. The molecule has 1 spiro atoms. The molecular weight excluding hydrogens is 494 g/mol. The summed E-state index contributed by atoms with van der Waals surface area (Å²) in [6, 6.07) is 15.6. The van der Waals surface area contributed by atoms with Crippen LogP contribution >= 0.6 is 0 Å². The molecule has 0 radical (unpaired) electrons. The standard InChI is InChI=1S/C29H33N7O3/c1-18-11-23(39-15-20(3)21-7-5-4-6-8-21)14-36-27(18)32-26(34-36)19(2)13-35-17-29(33-28(35)38)16-31-25(29)22-9-10-30-24(37)12-22/h4-12,14,19-20,25,31H,13,15-17H2,1-3H3,(H,30,37)(H,33,38)/t19?,20-,25?,29?/m0/s1. The van der Waals surface area contributed by atoms with Crippen LogP contribution < -0.4 is 20.9 Å². The van der Waals surface area contributed by atoms with E-state index in [2.05, 4.69) is 34.7 Å². The van der Waals surface area contributed by atoms with Gasteiger partial charge in [-0.1, -0.05) is 44.2 Å². The second-order valence-corrected chi connectivity index (χ2v) is 10.9. The van der Waals surface area contributed by atoms with Crippen LogP contribution in [-0.2, 0) is 0 Å². The molecule has 2 fully saturated rings. The largest absolute Gasteiger partial charge is 0.491 e. The molecule has 6 rings (SSSR count). The van der Waals surface area contributed by atoms with Gasteiger partial charge in [0.1, 0.15) is 5.75 Å². The maximum Gasteiger partial charge on any atom is 0.318 e. The zero-order valence-corrected chi connectivity index (χ0v) is 22.3. The highest BCUT2D eigenvalue weighted by atomic mass is 16.5. The Bertz CT molecular complexity index is 1570. The monoisotopic (exact) mass is 527 g/mol. The predicted octanol–water partition coefficient (Wildman–Crippen LogP) is 3.12. The summed E-state index contributed by atoms with van der Waals surface area (Å²) in [4.78, 5) is 34.0. The number of amides is 2. The molecule has 3 aromatic heterocycles. The van der Waals surface area contributed by atoms with Gasteiger partial charge in [0.2, 0.25) is 5.56 Å². The van der Waals surface area contributed by atoms with E-state index < -0.39 is 5.54 Å². The molecule has 3 unspecified atom stereocenters. The van der Waals surface area contributed by atoms with E-state index >= 15 is 0 Å². The molecule has 2 saturated heterocycles. The Labute approximate surface area is 226 Å². The number of benzene rings is 1. The average molecular weight is 528 g/mol. The van der Waals surface area contributed by atoms with Crippen molar-refractivity contribution >= 4 is 11.7 Å². The van der Waals surface area contributed by atoms with Crippen molar-refractivity contribution in [2.45, 2.75) is 44.2 Å². The maximum absolute atomic E-state index is 13.0. The summed E-state index contributed by atoms with van der Waals surface area (Å²) in [5.74, 6) is 1.62. The molecule has 2 aliphatic heterocycles. The fourth-order valence-electron chi connectivity index (χ4n) is 5.62. The van der Waals surface area contributed by atoms with E-state index in [0.29, 0.717) is 32.1 Å². The summed E-state index contributed by atoms with van der Waals surface area (Å²) < 4.78 is 7.89. The number of aromatic nitrogens is 4. The summed E-state index contributed by atoms with van der Waals surface area (Å²) >= 11 is 0. The molecule has 10 nitrogen and oxygen atoms in total. The molecule has 0 saturated carbocycles. The zero-order valence-electron chi connectivity index (χ0n) is 22.3. The molecule has 4 aromatic rings. The van der Waals surface area contributed by atoms with Gasteiger partial charge in [0, 0.05) is 43.7 Å². The van der Waals surface area contributed by atoms with Crippen molar-refractivity contribution in [3.63, 3.8) is 0 Å². The molecule has 1 aromatic carbocycles. The quantitative estimate of drug-likeness (QED) is 0.324. The maximum atomic E-state index is 13.0. The van der Waals surface area contributed by atoms with Crippen LogP contribution in [0, 0.1) is 6.92 Å². The lowest BCUT2D eigenvalue weighted by molar-refractivity contribution is 0.155. The smallest absolute Gasteiger partial charge is 0.318 e. The summed E-state index contributed by atoms with van der Waals surface area (Å²) in [5, 5.41) is 11.3. The van der Waals surface area contributed by atoms with Crippen molar-refractivity contribution in [1.29, 1.82) is 0 Å². The summed E-state index contributed by atoms with van der Waals surface area (Å²) in [6.07, 6.45) is 3.51. The number of H-pyrrole nitrogens is 1. The van der Waals surface area contributed by atoms with Gasteiger partial charge in [-0.15, -0.1) is 0 Å². The van der Waals surface area contributed by atoms with Crippen LogP contribution in [0.5, 0.6) is 5.75 Å². The van der Waals surface area contributed by atoms with E-state index in [1.54, 1.807) is 16.8 Å². The molecule has 0 bridgehead atoms. The topological polar surface area (TPSA) is 117 Å². The third-order valence-electron chi connectivity index (χ3n) is 7.84. The Hall–Kier alpha value is -4.18. The number of pyridine rings is 2. The SMILES string of the molecule is Cc1cc(OC[C@H](C)c2ccccc2)cn2nc(C(C)CN3CC4(CNC4c4cc[nH]c(=O)c4)NC3=O)nc12. The second kappa shape index (κ2) is 9.85. The number of aryl methyl sites for hydroxylation is 1. The number of carbonyl (C=O) groups is 1. The van der Waals surface area contributed by atoms with E-state index in [4.69, 9.17) is 14.8 Å². The Balaban J connectivity index is 1.13. The first kappa shape index (κ1) is 25.1. The van der Waals surface area contributed by atoms with Gasteiger partial charge in [-0.05, 0) is 35.7 Å². The highest BCUT2D eigenvalue weighted by Crippen LogP contribution is 2.37. The minimum Gasteiger partial charge on any atom is -0.491 e. The van der Waals surface area contributed by atoms with Crippen LogP contribution in [0.3, 0.4) is 0 Å². The first-order chi connectivity index (χ1) is 18.8. The lowest BCUT2D eigenvalue weighted by atomic mass is 9.79. The second-order valence-electron chi connectivity index (χ2n) is 10.9. The van der Waals surface area contributed by atoms with Gasteiger partial charge in [0.05, 0.1) is 24.4 Å². The average Bonchev–Trinajstić information content (AvgIpc) is 3.50. The van der Waals surface area contributed by atoms with Crippen LogP contribution in [0.25, 0.3) is 5.65 Å². The number of rotatable bonds is 8. The van der Waals surface area contributed by atoms with Crippen molar-refractivity contribution in [2.75, 3.05) is 26.2 Å². The van der Waals surface area contributed by atoms with E-state index in [9.17, 15) is 9.59 Å². The third-order valence-corrected chi connectivity index (χ3v) is 7.84. The van der Waals surface area contributed by atoms with Crippen LogP contribution in [0.1, 0.15) is 54.2 Å². The molecule has 0 aliphatic carbocycles. The van der Waals surface area contributed by atoms with Crippen LogP contribution in [-0.4, -0.2) is 62.3 Å². The van der Waals surface area contributed by atoms with E-state index in [1.165, 1.54) is 5.56 Å². The van der Waals surface area contributed by atoms with Gasteiger partial charge in [-0.2, -0.15) is 5.10 Å². The number of nitrogens with zero attached hydrogens (tertiary/aromatic N) is 4. The molecule has 5 heterocycles.